The van der Waals surface area contributed by atoms with Gasteiger partial charge in [0.25, 0.3) is 0 Å². The van der Waals surface area contributed by atoms with Crippen molar-refractivity contribution in [2.75, 3.05) is 17.7 Å². The molecular formula is C18H23N5O. The van der Waals surface area contributed by atoms with Crippen LogP contribution < -0.4 is 16.3 Å². The molecule has 1 unspecified atom stereocenters. The number of fused-ring (bicyclic) bond motifs is 1. The fourth-order valence-electron chi connectivity index (χ4n) is 2.77. The summed E-state index contributed by atoms with van der Waals surface area (Å²) in [4.78, 5) is 19.7. The zero-order valence-electron chi connectivity index (χ0n) is 14.5. The Morgan fingerprint density at radius 1 is 1.29 bits per heavy atom. The summed E-state index contributed by atoms with van der Waals surface area (Å²) in [7, 11) is 1.89. The molecule has 3 rings (SSSR count). The lowest BCUT2D eigenvalue weighted by Gasteiger charge is -2.13. The highest BCUT2D eigenvalue weighted by Crippen LogP contribution is 2.28. The van der Waals surface area contributed by atoms with E-state index in [1.807, 2.05) is 39.1 Å². The molecule has 2 heterocycles. The Balaban J connectivity index is 2.10. The van der Waals surface area contributed by atoms with E-state index in [-0.39, 0.29) is 11.7 Å². The largest absolute Gasteiger partial charge is 0.388 e. The molecule has 6 nitrogen and oxygen atoms in total. The highest BCUT2D eigenvalue weighted by molar-refractivity contribution is 5.88. The SMILES string of the molecule is CCC(C)n1c(=O)[nH]c2c(Nc3cc(NC)ccc3C)ccnc21. The number of hydrogen-bond acceptors (Lipinski definition) is 4. The number of H-pyrrole nitrogens is 1. The third-order valence-corrected chi connectivity index (χ3v) is 4.44. The molecule has 2 aromatic heterocycles. The van der Waals surface area contributed by atoms with Gasteiger partial charge in [-0.25, -0.2) is 9.78 Å². The number of nitrogens with one attached hydrogen (secondary N) is 3. The van der Waals surface area contributed by atoms with Gasteiger partial charge in [-0.3, -0.25) is 4.57 Å². The van der Waals surface area contributed by atoms with Gasteiger partial charge in [0.05, 0.1) is 5.69 Å². The first-order valence-corrected chi connectivity index (χ1v) is 8.19. The summed E-state index contributed by atoms with van der Waals surface area (Å²) in [6, 6.07) is 8.11. The highest BCUT2D eigenvalue weighted by Gasteiger charge is 2.15. The fourth-order valence-corrected chi connectivity index (χ4v) is 2.77. The molecular weight excluding hydrogens is 302 g/mol. The van der Waals surface area contributed by atoms with Crippen LogP contribution in [0.25, 0.3) is 11.2 Å². The summed E-state index contributed by atoms with van der Waals surface area (Å²) in [6.45, 7) is 6.13. The lowest BCUT2D eigenvalue weighted by Crippen LogP contribution is -2.20. The van der Waals surface area contributed by atoms with E-state index in [9.17, 15) is 4.79 Å². The van der Waals surface area contributed by atoms with Crippen molar-refractivity contribution in [2.45, 2.75) is 33.2 Å². The van der Waals surface area contributed by atoms with Crippen molar-refractivity contribution in [1.82, 2.24) is 14.5 Å². The van der Waals surface area contributed by atoms with Crippen molar-refractivity contribution in [1.29, 1.82) is 0 Å². The van der Waals surface area contributed by atoms with Crippen molar-refractivity contribution in [3.05, 3.63) is 46.5 Å². The monoisotopic (exact) mass is 325 g/mol. The second-order valence-electron chi connectivity index (χ2n) is 6.02. The Bertz CT molecular complexity index is 925. The first kappa shape index (κ1) is 16.1. The normalized spacial score (nSPS) is 12.3. The number of imidazole rings is 1. The number of aromatic nitrogens is 3. The number of benzene rings is 1. The average molecular weight is 325 g/mol. The van der Waals surface area contributed by atoms with E-state index in [2.05, 4.69) is 33.6 Å². The van der Waals surface area contributed by atoms with E-state index >= 15 is 0 Å². The molecule has 0 radical (unpaired) electrons. The molecule has 0 bridgehead atoms. The third kappa shape index (κ3) is 2.75. The van der Waals surface area contributed by atoms with E-state index in [0.29, 0.717) is 5.65 Å². The second-order valence-corrected chi connectivity index (χ2v) is 6.02. The second kappa shape index (κ2) is 6.39. The standard InChI is InChI=1S/C18H23N5O/c1-5-12(3)23-17-16(22-18(23)24)14(8-9-20-17)21-15-10-13(19-4)7-6-11(15)2/h6-10,12,19H,5H2,1-4H3,(H,20,21)(H,22,24). The molecule has 0 saturated carbocycles. The summed E-state index contributed by atoms with van der Waals surface area (Å²) < 4.78 is 1.72. The Kier molecular flexibility index (Phi) is 4.29. The lowest BCUT2D eigenvalue weighted by molar-refractivity contribution is 0.526. The fraction of sp³-hybridized carbons (Fsp3) is 0.333. The van der Waals surface area contributed by atoms with Gasteiger partial charge in [0, 0.05) is 30.7 Å². The van der Waals surface area contributed by atoms with Crippen molar-refractivity contribution in [3.63, 3.8) is 0 Å². The van der Waals surface area contributed by atoms with Gasteiger partial charge in [0.2, 0.25) is 0 Å². The van der Waals surface area contributed by atoms with E-state index in [0.717, 1.165) is 34.6 Å². The van der Waals surface area contributed by atoms with Gasteiger partial charge < -0.3 is 15.6 Å². The molecule has 0 spiro atoms. The van der Waals surface area contributed by atoms with Crippen LogP contribution in [0.5, 0.6) is 0 Å². The van der Waals surface area contributed by atoms with Gasteiger partial charge in [0.1, 0.15) is 5.52 Å². The minimum absolute atomic E-state index is 0.100. The summed E-state index contributed by atoms with van der Waals surface area (Å²) in [6.07, 6.45) is 2.60. The molecule has 1 atom stereocenters. The van der Waals surface area contributed by atoms with Gasteiger partial charge in [0.15, 0.2) is 5.65 Å². The molecule has 24 heavy (non-hydrogen) atoms. The summed E-state index contributed by atoms with van der Waals surface area (Å²) in [5, 5.41) is 6.56. The zero-order chi connectivity index (χ0) is 17.3. The molecule has 0 aliphatic heterocycles. The van der Waals surface area contributed by atoms with Crippen LogP contribution in [0.15, 0.2) is 35.3 Å². The van der Waals surface area contributed by atoms with Crippen LogP contribution in [0.2, 0.25) is 0 Å². The highest BCUT2D eigenvalue weighted by atomic mass is 16.1. The maximum atomic E-state index is 12.3. The Morgan fingerprint density at radius 2 is 2.08 bits per heavy atom. The summed E-state index contributed by atoms with van der Waals surface area (Å²) >= 11 is 0. The first-order chi connectivity index (χ1) is 11.5. The van der Waals surface area contributed by atoms with Crippen LogP contribution in [0, 0.1) is 6.92 Å². The quantitative estimate of drug-likeness (QED) is 0.667. The van der Waals surface area contributed by atoms with Gasteiger partial charge in [-0.1, -0.05) is 13.0 Å². The summed E-state index contributed by atoms with van der Waals surface area (Å²) in [5.74, 6) is 0. The van der Waals surface area contributed by atoms with Crippen molar-refractivity contribution >= 4 is 28.2 Å². The van der Waals surface area contributed by atoms with Crippen LogP contribution in [-0.4, -0.2) is 21.6 Å². The molecule has 1 aromatic carbocycles. The molecule has 126 valence electrons. The van der Waals surface area contributed by atoms with E-state index in [1.54, 1.807) is 10.8 Å². The maximum absolute atomic E-state index is 12.3. The topological polar surface area (TPSA) is 74.7 Å². The number of hydrogen-bond donors (Lipinski definition) is 3. The predicted molar refractivity (Wildman–Crippen MR) is 99.4 cm³/mol. The molecule has 0 amide bonds. The third-order valence-electron chi connectivity index (χ3n) is 4.44. The number of nitrogens with zero attached hydrogens (tertiary/aromatic N) is 2. The molecule has 6 heteroatoms. The lowest BCUT2D eigenvalue weighted by atomic mass is 10.1. The smallest absolute Gasteiger partial charge is 0.327 e. The molecule has 0 saturated heterocycles. The van der Waals surface area contributed by atoms with Gasteiger partial charge in [-0.05, 0) is 44.0 Å². The van der Waals surface area contributed by atoms with E-state index in [4.69, 9.17) is 0 Å². The Hall–Kier alpha value is -2.76. The molecule has 3 N–H and O–H groups in total. The van der Waals surface area contributed by atoms with Crippen LogP contribution in [-0.2, 0) is 0 Å². The summed E-state index contributed by atoms with van der Waals surface area (Å²) in [5.41, 5.74) is 5.28. The van der Waals surface area contributed by atoms with Crippen LogP contribution in [0.3, 0.4) is 0 Å². The average Bonchev–Trinajstić information content (AvgIpc) is 2.93. The Morgan fingerprint density at radius 3 is 2.79 bits per heavy atom. The minimum atomic E-state index is -0.123. The van der Waals surface area contributed by atoms with Gasteiger partial charge >= 0.3 is 5.69 Å². The predicted octanol–water partition coefficient (Wildman–Crippen LogP) is 3.79. The van der Waals surface area contributed by atoms with Gasteiger partial charge in [-0.2, -0.15) is 0 Å². The maximum Gasteiger partial charge on any atom is 0.327 e. The molecule has 0 fully saturated rings. The number of rotatable bonds is 5. The molecule has 3 aromatic rings. The molecule has 0 aliphatic rings. The van der Waals surface area contributed by atoms with Crippen LogP contribution in [0.4, 0.5) is 17.1 Å². The van der Waals surface area contributed by atoms with Crippen molar-refractivity contribution < 1.29 is 0 Å². The molecule has 0 aliphatic carbocycles. The first-order valence-electron chi connectivity index (χ1n) is 8.19. The van der Waals surface area contributed by atoms with E-state index in [1.165, 1.54) is 0 Å². The zero-order valence-corrected chi connectivity index (χ0v) is 14.5. The number of anilines is 3. The van der Waals surface area contributed by atoms with Crippen LogP contribution >= 0.6 is 0 Å². The van der Waals surface area contributed by atoms with Crippen LogP contribution in [0.1, 0.15) is 31.9 Å². The minimum Gasteiger partial charge on any atom is -0.388 e. The van der Waals surface area contributed by atoms with Crippen molar-refractivity contribution in [3.8, 4) is 0 Å². The number of aromatic amines is 1. The number of pyridine rings is 1. The van der Waals surface area contributed by atoms with E-state index < -0.39 is 0 Å². The number of aryl methyl sites for hydroxylation is 1. The Labute approximate surface area is 140 Å². The van der Waals surface area contributed by atoms with Crippen molar-refractivity contribution in [2.24, 2.45) is 0 Å². The van der Waals surface area contributed by atoms with Gasteiger partial charge in [-0.15, -0.1) is 0 Å².